The van der Waals surface area contributed by atoms with Crippen LogP contribution in [0.15, 0.2) is 16.8 Å². The van der Waals surface area contributed by atoms with Crippen molar-refractivity contribution in [1.82, 2.24) is 0 Å². The molecule has 2 heterocycles. The first-order valence-electron chi connectivity index (χ1n) is 5.08. The van der Waals surface area contributed by atoms with E-state index in [0.29, 0.717) is 12.5 Å². The molecule has 1 aliphatic heterocycles. The minimum Gasteiger partial charge on any atom is -0.390 e. The summed E-state index contributed by atoms with van der Waals surface area (Å²) in [4.78, 5) is 0. The van der Waals surface area contributed by atoms with Gasteiger partial charge in [-0.25, -0.2) is 0 Å². The zero-order chi connectivity index (χ0) is 9.97. The van der Waals surface area contributed by atoms with E-state index in [2.05, 4.69) is 23.8 Å². The number of aliphatic hydroxyl groups is 1. The lowest BCUT2D eigenvalue weighted by Gasteiger charge is -2.16. The zero-order valence-corrected chi connectivity index (χ0v) is 9.17. The largest absolute Gasteiger partial charge is 0.390 e. The molecule has 1 aromatic rings. The van der Waals surface area contributed by atoms with E-state index < -0.39 is 0 Å². The van der Waals surface area contributed by atoms with Crippen molar-refractivity contribution in [2.75, 3.05) is 6.61 Å². The molecule has 0 amide bonds. The van der Waals surface area contributed by atoms with Crippen molar-refractivity contribution in [3.8, 4) is 0 Å². The lowest BCUT2D eigenvalue weighted by molar-refractivity contribution is 0.0962. The van der Waals surface area contributed by atoms with Crippen LogP contribution < -0.4 is 0 Å². The summed E-state index contributed by atoms with van der Waals surface area (Å²) >= 11 is 1.73. The molecule has 0 radical (unpaired) electrons. The number of ether oxygens (including phenoxy) is 1. The van der Waals surface area contributed by atoms with Gasteiger partial charge in [-0.2, -0.15) is 11.3 Å². The van der Waals surface area contributed by atoms with Crippen LogP contribution in [-0.2, 0) is 11.2 Å². The fourth-order valence-corrected chi connectivity index (χ4v) is 2.71. The van der Waals surface area contributed by atoms with Gasteiger partial charge in [0.05, 0.1) is 18.8 Å². The topological polar surface area (TPSA) is 29.5 Å². The Balaban J connectivity index is 1.85. The van der Waals surface area contributed by atoms with Crippen LogP contribution in [0.25, 0.3) is 0 Å². The smallest absolute Gasteiger partial charge is 0.0826 e. The molecule has 0 aliphatic carbocycles. The van der Waals surface area contributed by atoms with E-state index in [1.165, 1.54) is 5.56 Å². The Morgan fingerprint density at radius 2 is 2.50 bits per heavy atom. The molecule has 3 unspecified atom stereocenters. The van der Waals surface area contributed by atoms with Gasteiger partial charge in [-0.1, -0.05) is 0 Å². The third kappa shape index (κ3) is 2.16. The van der Waals surface area contributed by atoms with Crippen LogP contribution in [0.5, 0.6) is 0 Å². The van der Waals surface area contributed by atoms with Gasteiger partial charge in [-0.3, -0.25) is 0 Å². The Morgan fingerprint density at radius 3 is 3.07 bits per heavy atom. The van der Waals surface area contributed by atoms with Crippen LogP contribution in [0.1, 0.15) is 18.9 Å². The number of rotatable bonds is 3. The summed E-state index contributed by atoms with van der Waals surface area (Å²) in [6.07, 6.45) is 2.03. The fraction of sp³-hybridized carbons (Fsp3) is 0.636. The van der Waals surface area contributed by atoms with E-state index in [-0.39, 0.29) is 12.2 Å². The molecule has 3 atom stereocenters. The van der Waals surface area contributed by atoms with Crippen LogP contribution in [0.2, 0.25) is 0 Å². The molecule has 0 saturated carbocycles. The summed E-state index contributed by atoms with van der Waals surface area (Å²) in [5.74, 6) is 0.315. The molecule has 1 fully saturated rings. The molecule has 2 nitrogen and oxygen atoms in total. The number of hydrogen-bond donors (Lipinski definition) is 1. The normalized spacial score (nSPS) is 32.3. The Morgan fingerprint density at radius 1 is 1.64 bits per heavy atom. The maximum atomic E-state index is 9.67. The van der Waals surface area contributed by atoms with Crippen molar-refractivity contribution < 1.29 is 9.84 Å². The average molecular weight is 212 g/mol. The highest BCUT2D eigenvalue weighted by Gasteiger charge is 2.32. The lowest BCUT2D eigenvalue weighted by Crippen LogP contribution is -2.22. The van der Waals surface area contributed by atoms with Gasteiger partial charge in [0.1, 0.15) is 0 Å². The average Bonchev–Trinajstić information content (AvgIpc) is 2.76. The van der Waals surface area contributed by atoms with Crippen molar-refractivity contribution in [1.29, 1.82) is 0 Å². The fourth-order valence-electron chi connectivity index (χ4n) is 2.01. The summed E-state index contributed by atoms with van der Waals surface area (Å²) in [6.45, 7) is 2.56. The molecular formula is C11H16O2S. The van der Waals surface area contributed by atoms with Crippen molar-refractivity contribution in [3.63, 3.8) is 0 Å². The highest BCUT2D eigenvalue weighted by atomic mass is 32.1. The highest BCUT2D eigenvalue weighted by Crippen LogP contribution is 2.26. The second-order valence-corrected chi connectivity index (χ2v) is 4.72. The molecule has 1 aromatic heterocycles. The van der Waals surface area contributed by atoms with E-state index in [1.807, 2.05) is 0 Å². The molecule has 78 valence electrons. The van der Waals surface area contributed by atoms with Crippen LogP contribution in [0.4, 0.5) is 0 Å². The standard InChI is InChI=1S/C11H16O2S/c1-8-10(11(12)6-13-8)3-2-9-4-5-14-7-9/h4-5,7-8,10-12H,2-3,6H2,1H3. The highest BCUT2D eigenvalue weighted by molar-refractivity contribution is 7.07. The van der Waals surface area contributed by atoms with Gasteiger partial charge in [0.15, 0.2) is 0 Å². The Bertz CT molecular complexity index is 261. The van der Waals surface area contributed by atoms with Gasteiger partial charge in [-0.15, -0.1) is 0 Å². The Labute approximate surface area is 88.5 Å². The maximum Gasteiger partial charge on any atom is 0.0826 e. The quantitative estimate of drug-likeness (QED) is 0.831. The molecule has 1 aliphatic rings. The summed E-state index contributed by atoms with van der Waals surface area (Å²) in [5.41, 5.74) is 1.38. The predicted molar refractivity (Wildman–Crippen MR) is 57.6 cm³/mol. The van der Waals surface area contributed by atoms with E-state index in [9.17, 15) is 5.11 Å². The maximum absolute atomic E-state index is 9.67. The number of aliphatic hydroxyl groups excluding tert-OH is 1. The third-order valence-corrected chi connectivity index (χ3v) is 3.71. The van der Waals surface area contributed by atoms with Gasteiger partial charge in [0, 0.05) is 5.92 Å². The molecular weight excluding hydrogens is 196 g/mol. The van der Waals surface area contributed by atoms with E-state index in [1.54, 1.807) is 11.3 Å². The third-order valence-electron chi connectivity index (χ3n) is 2.97. The van der Waals surface area contributed by atoms with Crippen LogP contribution in [-0.4, -0.2) is 23.9 Å². The molecule has 0 bridgehead atoms. The van der Waals surface area contributed by atoms with E-state index in [0.717, 1.165) is 12.8 Å². The van der Waals surface area contributed by atoms with Crippen LogP contribution >= 0.6 is 11.3 Å². The minimum atomic E-state index is -0.261. The van der Waals surface area contributed by atoms with Gasteiger partial charge in [-0.05, 0) is 42.2 Å². The predicted octanol–water partition coefficient (Wildman–Crippen LogP) is 2.08. The van der Waals surface area contributed by atoms with Crippen molar-refractivity contribution >= 4 is 11.3 Å². The molecule has 2 rings (SSSR count). The minimum absolute atomic E-state index is 0.212. The molecule has 1 N–H and O–H groups in total. The molecule has 1 saturated heterocycles. The van der Waals surface area contributed by atoms with Gasteiger partial charge >= 0.3 is 0 Å². The SMILES string of the molecule is CC1OCC(O)C1CCc1ccsc1. The number of aryl methyl sites for hydroxylation is 1. The second-order valence-electron chi connectivity index (χ2n) is 3.94. The van der Waals surface area contributed by atoms with Gasteiger partial charge in [0.2, 0.25) is 0 Å². The van der Waals surface area contributed by atoms with Gasteiger partial charge in [0.25, 0.3) is 0 Å². The van der Waals surface area contributed by atoms with Crippen LogP contribution in [0, 0.1) is 5.92 Å². The molecule has 0 aromatic carbocycles. The molecule has 14 heavy (non-hydrogen) atoms. The van der Waals surface area contributed by atoms with Crippen molar-refractivity contribution in [2.45, 2.75) is 32.0 Å². The second kappa shape index (κ2) is 4.43. The van der Waals surface area contributed by atoms with E-state index >= 15 is 0 Å². The summed E-state index contributed by atoms with van der Waals surface area (Å²) in [7, 11) is 0. The number of hydrogen-bond acceptors (Lipinski definition) is 3. The zero-order valence-electron chi connectivity index (χ0n) is 8.35. The lowest BCUT2D eigenvalue weighted by atomic mass is 9.93. The summed E-state index contributed by atoms with van der Waals surface area (Å²) < 4.78 is 5.40. The van der Waals surface area contributed by atoms with Gasteiger partial charge < -0.3 is 9.84 Å². The summed E-state index contributed by atoms with van der Waals surface area (Å²) in [5, 5.41) is 13.9. The van der Waals surface area contributed by atoms with Crippen molar-refractivity contribution in [2.24, 2.45) is 5.92 Å². The number of thiophene rings is 1. The first kappa shape index (κ1) is 10.1. The monoisotopic (exact) mass is 212 g/mol. The van der Waals surface area contributed by atoms with E-state index in [4.69, 9.17) is 4.74 Å². The van der Waals surface area contributed by atoms with Crippen LogP contribution in [0.3, 0.4) is 0 Å². The Hall–Kier alpha value is -0.380. The first-order valence-corrected chi connectivity index (χ1v) is 6.02. The Kier molecular flexibility index (Phi) is 3.21. The van der Waals surface area contributed by atoms with Crippen molar-refractivity contribution in [3.05, 3.63) is 22.4 Å². The molecule has 0 spiro atoms. The first-order chi connectivity index (χ1) is 6.77. The molecule has 3 heteroatoms. The summed E-state index contributed by atoms with van der Waals surface area (Å²) in [6, 6.07) is 2.15.